The van der Waals surface area contributed by atoms with E-state index in [1.54, 1.807) is 7.11 Å². The van der Waals surface area contributed by atoms with Crippen LogP contribution in [0.1, 0.15) is 25.1 Å². The molecule has 0 amide bonds. The Bertz CT molecular complexity index is 676. The van der Waals surface area contributed by atoms with Crippen LogP contribution >= 0.6 is 24.0 Å². The van der Waals surface area contributed by atoms with Crippen LogP contribution in [0.4, 0.5) is 0 Å². The third kappa shape index (κ3) is 8.94. The van der Waals surface area contributed by atoms with E-state index in [1.165, 1.54) is 0 Å². The van der Waals surface area contributed by atoms with Gasteiger partial charge in [0.25, 0.3) is 0 Å². The lowest BCUT2D eigenvalue weighted by Crippen LogP contribution is -2.39. The van der Waals surface area contributed by atoms with Gasteiger partial charge >= 0.3 is 0 Å². The van der Waals surface area contributed by atoms with Gasteiger partial charge in [0.05, 0.1) is 13.7 Å². The predicted octanol–water partition coefficient (Wildman–Crippen LogP) is 2.57. The first kappa shape index (κ1) is 23.0. The lowest BCUT2D eigenvalue weighted by atomic mass is 10.3. The van der Waals surface area contributed by atoms with Crippen molar-refractivity contribution in [2.24, 2.45) is 4.99 Å². The van der Waals surface area contributed by atoms with Gasteiger partial charge in [0.15, 0.2) is 11.8 Å². The second kappa shape index (κ2) is 13.2. The summed E-state index contributed by atoms with van der Waals surface area (Å²) in [5.74, 6) is 3.71. The average Bonchev–Trinajstić information content (AvgIpc) is 3.07. The molecule has 27 heavy (non-hydrogen) atoms. The van der Waals surface area contributed by atoms with Crippen LogP contribution in [0.3, 0.4) is 0 Å². The van der Waals surface area contributed by atoms with E-state index >= 15 is 0 Å². The standard InChI is InChI=1S/C18H27N5O3.HI/c1-4-19-18(20-11-5-6-17-22-14(2)23-26-17)21-12-13-25-16-9-7-15(24-3)8-10-16;/h7-10H,4-6,11-13H2,1-3H3,(H2,19,20,21);1H. The van der Waals surface area contributed by atoms with Crippen molar-refractivity contribution in [2.45, 2.75) is 26.7 Å². The number of hydrogen-bond donors (Lipinski definition) is 2. The van der Waals surface area contributed by atoms with Crippen LogP contribution < -0.4 is 20.1 Å². The largest absolute Gasteiger partial charge is 0.497 e. The van der Waals surface area contributed by atoms with Crippen molar-refractivity contribution < 1.29 is 14.0 Å². The van der Waals surface area contributed by atoms with Gasteiger partial charge in [-0.25, -0.2) is 0 Å². The summed E-state index contributed by atoms with van der Waals surface area (Å²) in [4.78, 5) is 8.72. The van der Waals surface area contributed by atoms with Crippen LogP contribution in [0.15, 0.2) is 33.8 Å². The fraction of sp³-hybridized carbons (Fsp3) is 0.500. The molecule has 0 aliphatic rings. The van der Waals surface area contributed by atoms with Gasteiger partial charge in [-0.2, -0.15) is 4.98 Å². The maximum Gasteiger partial charge on any atom is 0.226 e. The molecule has 0 saturated heterocycles. The van der Waals surface area contributed by atoms with Crippen molar-refractivity contribution in [3.05, 3.63) is 36.0 Å². The SMILES string of the molecule is CCNC(=NCCCc1nc(C)no1)NCCOc1ccc(OC)cc1.I. The first-order valence-corrected chi connectivity index (χ1v) is 8.79. The van der Waals surface area contributed by atoms with Gasteiger partial charge in [0.1, 0.15) is 18.1 Å². The van der Waals surface area contributed by atoms with Gasteiger partial charge in [-0.15, -0.1) is 24.0 Å². The molecule has 150 valence electrons. The number of guanidine groups is 1. The Balaban J connectivity index is 0.00000364. The Labute approximate surface area is 177 Å². The van der Waals surface area contributed by atoms with E-state index in [0.29, 0.717) is 31.4 Å². The minimum absolute atomic E-state index is 0. The zero-order chi connectivity index (χ0) is 18.6. The molecule has 0 radical (unpaired) electrons. The van der Waals surface area contributed by atoms with Crippen LogP contribution in [0.25, 0.3) is 0 Å². The molecule has 2 rings (SSSR count). The lowest BCUT2D eigenvalue weighted by molar-refractivity contribution is 0.321. The van der Waals surface area contributed by atoms with Crippen molar-refractivity contribution in [3.63, 3.8) is 0 Å². The Morgan fingerprint density at radius 3 is 2.56 bits per heavy atom. The molecule has 0 aliphatic heterocycles. The van der Waals surface area contributed by atoms with E-state index in [-0.39, 0.29) is 24.0 Å². The Hall–Kier alpha value is -2.04. The summed E-state index contributed by atoms with van der Waals surface area (Å²) in [6.07, 6.45) is 1.57. The summed E-state index contributed by atoms with van der Waals surface area (Å²) in [5, 5.41) is 10.2. The number of aromatic nitrogens is 2. The van der Waals surface area contributed by atoms with Crippen molar-refractivity contribution in [2.75, 3.05) is 33.4 Å². The minimum Gasteiger partial charge on any atom is -0.497 e. The maximum absolute atomic E-state index is 5.69. The topological polar surface area (TPSA) is 93.8 Å². The zero-order valence-electron chi connectivity index (χ0n) is 16.0. The number of aliphatic imine (C=N–C) groups is 1. The van der Waals surface area contributed by atoms with Crippen LogP contribution in [-0.2, 0) is 6.42 Å². The average molecular weight is 489 g/mol. The van der Waals surface area contributed by atoms with Gasteiger partial charge < -0.3 is 24.6 Å². The van der Waals surface area contributed by atoms with E-state index in [2.05, 4.69) is 25.8 Å². The number of rotatable bonds is 10. The zero-order valence-corrected chi connectivity index (χ0v) is 18.4. The van der Waals surface area contributed by atoms with Gasteiger partial charge in [-0.1, -0.05) is 5.16 Å². The van der Waals surface area contributed by atoms with Gasteiger partial charge in [0.2, 0.25) is 5.89 Å². The van der Waals surface area contributed by atoms with Crippen LogP contribution in [-0.4, -0.2) is 49.5 Å². The first-order chi connectivity index (χ1) is 12.7. The lowest BCUT2D eigenvalue weighted by Gasteiger charge is -2.12. The van der Waals surface area contributed by atoms with Gasteiger partial charge in [0, 0.05) is 19.5 Å². The molecule has 2 aromatic rings. The molecule has 1 aromatic heterocycles. The summed E-state index contributed by atoms with van der Waals surface area (Å²) in [7, 11) is 1.64. The maximum atomic E-state index is 5.69. The summed E-state index contributed by atoms with van der Waals surface area (Å²) in [6, 6.07) is 7.52. The highest BCUT2D eigenvalue weighted by Gasteiger charge is 2.02. The molecule has 0 atom stereocenters. The number of benzene rings is 1. The molecule has 0 bridgehead atoms. The Kier molecular flexibility index (Phi) is 11.2. The molecule has 9 heteroatoms. The number of nitrogens with one attached hydrogen (secondary N) is 2. The Morgan fingerprint density at radius 2 is 1.93 bits per heavy atom. The number of hydrogen-bond acceptors (Lipinski definition) is 6. The molecule has 0 aliphatic carbocycles. The highest BCUT2D eigenvalue weighted by Crippen LogP contribution is 2.16. The third-order valence-corrected chi connectivity index (χ3v) is 3.46. The highest BCUT2D eigenvalue weighted by atomic mass is 127. The molecular weight excluding hydrogens is 461 g/mol. The summed E-state index contributed by atoms with van der Waals surface area (Å²) >= 11 is 0. The van der Waals surface area contributed by atoms with E-state index in [1.807, 2.05) is 38.1 Å². The normalized spacial score (nSPS) is 10.9. The number of methoxy groups -OCH3 is 1. The third-order valence-electron chi connectivity index (χ3n) is 3.46. The molecule has 1 heterocycles. The second-order valence-corrected chi connectivity index (χ2v) is 5.55. The van der Waals surface area contributed by atoms with E-state index in [9.17, 15) is 0 Å². The van der Waals surface area contributed by atoms with E-state index < -0.39 is 0 Å². The summed E-state index contributed by atoms with van der Waals surface area (Å²) in [5.41, 5.74) is 0. The number of aryl methyl sites for hydroxylation is 2. The molecule has 8 nitrogen and oxygen atoms in total. The highest BCUT2D eigenvalue weighted by molar-refractivity contribution is 14.0. The number of ether oxygens (including phenoxy) is 2. The molecular formula is C18H28IN5O3. The molecule has 0 unspecified atom stereocenters. The van der Waals surface area contributed by atoms with E-state index in [4.69, 9.17) is 14.0 Å². The smallest absolute Gasteiger partial charge is 0.226 e. The quantitative estimate of drug-likeness (QED) is 0.229. The fourth-order valence-electron chi connectivity index (χ4n) is 2.21. The fourth-order valence-corrected chi connectivity index (χ4v) is 2.21. The Morgan fingerprint density at radius 1 is 1.19 bits per heavy atom. The van der Waals surface area contributed by atoms with Crippen LogP contribution in [0, 0.1) is 6.92 Å². The number of halogens is 1. The minimum atomic E-state index is 0. The van der Waals surface area contributed by atoms with Crippen molar-refractivity contribution >= 4 is 29.9 Å². The van der Waals surface area contributed by atoms with Crippen molar-refractivity contribution in [1.29, 1.82) is 0 Å². The second-order valence-electron chi connectivity index (χ2n) is 5.55. The van der Waals surface area contributed by atoms with E-state index in [0.717, 1.165) is 36.8 Å². The van der Waals surface area contributed by atoms with Crippen molar-refractivity contribution in [1.82, 2.24) is 20.8 Å². The molecule has 1 aromatic carbocycles. The monoisotopic (exact) mass is 489 g/mol. The van der Waals surface area contributed by atoms with Gasteiger partial charge in [-0.3, -0.25) is 4.99 Å². The van der Waals surface area contributed by atoms with Crippen LogP contribution in [0.2, 0.25) is 0 Å². The van der Waals surface area contributed by atoms with Crippen molar-refractivity contribution in [3.8, 4) is 11.5 Å². The molecule has 0 saturated carbocycles. The number of nitrogens with zero attached hydrogens (tertiary/aromatic N) is 3. The first-order valence-electron chi connectivity index (χ1n) is 8.79. The summed E-state index contributed by atoms with van der Waals surface area (Å²) in [6.45, 7) is 6.52. The van der Waals surface area contributed by atoms with Crippen LogP contribution in [0.5, 0.6) is 11.5 Å². The molecule has 2 N–H and O–H groups in total. The molecule has 0 spiro atoms. The van der Waals surface area contributed by atoms with Gasteiger partial charge in [-0.05, 0) is 44.5 Å². The predicted molar refractivity (Wildman–Crippen MR) is 115 cm³/mol. The summed E-state index contributed by atoms with van der Waals surface area (Å²) < 4.78 is 15.9. The molecule has 0 fully saturated rings.